The van der Waals surface area contributed by atoms with Gasteiger partial charge >= 0.3 is 5.97 Å². The molecular weight excluding hydrogens is 783 g/mol. The van der Waals surface area contributed by atoms with E-state index in [4.69, 9.17) is 14.5 Å². The number of aryl methyl sites for hydroxylation is 1. The Bertz CT molecular complexity index is 2480. The fraction of sp³-hybridized carbons (Fsp3) is 0.366. The van der Waals surface area contributed by atoms with Crippen molar-refractivity contribution < 1.29 is 47.7 Å². The molecule has 1 aliphatic carbocycles. The van der Waals surface area contributed by atoms with Crippen LogP contribution in [-0.2, 0) is 64.2 Å². The SMILES string of the molecule is CNCC(=O)NCC(=O)N[C@@H](Cc1ccccc1)C(=O)NCC(=O)NCOCC(=O)N[C@H]1CCc2c(C)c(F)cc3nc4c(c1c23)Cn1c-4cc2c(c1=O)COC(=O)[C@H]2O. The zero-order chi connectivity index (χ0) is 42.7. The fourth-order valence-electron chi connectivity index (χ4n) is 7.82. The van der Waals surface area contributed by atoms with Crippen molar-refractivity contribution in [2.75, 3.05) is 40.0 Å². The van der Waals surface area contributed by atoms with Crippen molar-refractivity contribution >= 4 is 46.4 Å². The number of cyclic esters (lactones) is 1. The molecule has 2 aromatic heterocycles. The highest BCUT2D eigenvalue weighted by Gasteiger charge is 2.37. The highest BCUT2D eigenvalue weighted by atomic mass is 19.1. The van der Waals surface area contributed by atoms with E-state index >= 15 is 4.39 Å². The van der Waals surface area contributed by atoms with Crippen molar-refractivity contribution in [2.24, 2.45) is 0 Å². The summed E-state index contributed by atoms with van der Waals surface area (Å²) < 4.78 is 27.1. The summed E-state index contributed by atoms with van der Waals surface area (Å²) in [5.74, 6) is -4.11. The van der Waals surface area contributed by atoms with E-state index < -0.39 is 78.2 Å². The van der Waals surface area contributed by atoms with Crippen molar-refractivity contribution in [3.8, 4) is 11.4 Å². The van der Waals surface area contributed by atoms with Crippen LogP contribution in [0.15, 0.2) is 47.3 Å². The molecule has 2 aromatic carbocycles. The van der Waals surface area contributed by atoms with Gasteiger partial charge in [-0.3, -0.25) is 28.8 Å². The molecule has 7 rings (SSSR count). The van der Waals surface area contributed by atoms with Gasteiger partial charge < -0.3 is 51.0 Å². The van der Waals surface area contributed by atoms with Gasteiger partial charge in [0.25, 0.3) is 5.56 Å². The molecule has 0 saturated carbocycles. The van der Waals surface area contributed by atoms with Gasteiger partial charge in [0.15, 0.2) is 6.10 Å². The summed E-state index contributed by atoms with van der Waals surface area (Å²) in [6.45, 7) is -0.167. The molecule has 7 N–H and O–H groups in total. The summed E-state index contributed by atoms with van der Waals surface area (Å²) in [6.07, 6.45) is -0.707. The lowest BCUT2D eigenvalue weighted by molar-refractivity contribution is -0.157. The highest BCUT2D eigenvalue weighted by Crippen LogP contribution is 2.45. The van der Waals surface area contributed by atoms with Crippen molar-refractivity contribution in [1.29, 1.82) is 0 Å². The number of benzene rings is 2. The average molecular weight is 827 g/mol. The lowest BCUT2D eigenvalue weighted by Gasteiger charge is -2.29. The number of halogens is 1. The number of nitrogens with zero attached hydrogens (tertiary/aromatic N) is 2. The quantitative estimate of drug-likeness (QED) is 0.0395. The maximum Gasteiger partial charge on any atom is 0.340 e. The van der Waals surface area contributed by atoms with Crippen LogP contribution in [0.5, 0.6) is 0 Å². The molecule has 3 aliphatic rings. The van der Waals surface area contributed by atoms with Crippen LogP contribution in [0.3, 0.4) is 0 Å². The number of aliphatic hydroxyl groups is 1. The van der Waals surface area contributed by atoms with Gasteiger partial charge in [0.05, 0.1) is 54.7 Å². The Morgan fingerprint density at radius 3 is 2.48 bits per heavy atom. The van der Waals surface area contributed by atoms with Gasteiger partial charge in [0.1, 0.15) is 31.8 Å². The molecule has 0 spiro atoms. The highest BCUT2D eigenvalue weighted by molar-refractivity contribution is 5.94. The Kier molecular flexibility index (Phi) is 12.3. The molecule has 3 atom stereocenters. The van der Waals surface area contributed by atoms with Crippen molar-refractivity contribution in [3.05, 3.63) is 97.6 Å². The first-order valence-electron chi connectivity index (χ1n) is 19.3. The topological polar surface area (TPSA) is 248 Å². The van der Waals surface area contributed by atoms with Crippen molar-refractivity contribution in [1.82, 2.24) is 41.5 Å². The van der Waals surface area contributed by atoms with E-state index in [-0.39, 0.29) is 50.5 Å². The number of likely N-dealkylation sites (N-methyl/N-ethyl adjacent to an activating group) is 1. The summed E-state index contributed by atoms with van der Waals surface area (Å²) in [7, 11) is 1.58. The minimum atomic E-state index is -1.65. The molecule has 0 bridgehead atoms. The summed E-state index contributed by atoms with van der Waals surface area (Å²) in [4.78, 5) is 93.9. The molecule has 4 aromatic rings. The van der Waals surface area contributed by atoms with E-state index in [1.807, 2.05) is 0 Å². The molecule has 0 radical (unpaired) electrons. The molecule has 0 fully saturated rings. The van der Waals surface area contributed by atoms with Crippen molar-refractivity contribution in [3.63, 3.8) is 0 Å². The monoisotopic (exact) mass is 826 g/mol. The molecule has 0 unspecified atom stereocenters. The molecule has 19 heteroatoms. The van der Waals surface area contributed by atoms with Gasteiger partial charge in [-0.15, -0.1) is 0 Å². The first-order valence-corrected chi connectivity index (χ1v) is 19.3. The molecule has 2 aliphatic heterocycles. The van der Waals surface area contributed by atoms with E-state index in [0.29, 0.717) is 51.8 Å². The maximum absolute atomic E-state index is 15.2. The zero-order valence-corrected chi connectivity index (χ0v) is 32.7. The maximum atomic E-state index is 15.2. The second-order valence-corrected chi connectivity index (χ2v) is 14.7. The molecule has 5 amide bonds. The normalized spacial score (nSPS) is 16.4. The standard InChI is InChI=1S/C41H43FN8O10/c1-20-22-8-9-27(36-24-16-50-30(37(24)49-28(35(22)36)12-26(20)42)11-23-25(40(50)57)17-60-41(58)38(23)55)47-34(54)18-59-19-46-32(52)14-45-39(56)29(10-21-6-4-3-5-7-21)48-33(53)15-44-31(51)13-43-2/h3-7,11-12,27,29,38,43,55H,8-10,13-19H2,1-2H3,(H,44,51)(H,45,56)(H,46,52)(H,47,54)(H,48,53)/t27-,29-,38-/m0/s1. The molecule has 0 saturated heterocycles. The number of aliphatic hydroxyl groups excluding tert-OH is 1. The predicted molar refractivity (Wildman–Crippen MR) is 210 cm³/mol. The van der Waals surface area contributed by atoms with Crippen LogP contribution >= 0.6 is 0 Å². The van der Waals surface area contributed by atoms with E-state index in [9.17, 15) is 38.7 Å². The number of amides is 5. The minimum absolute atomic E-state index is 0.0114. The van der Waals surface area contributed by atoms with Gasteiger partial charge in [0, 0.05) is 29.0 Å². The summed E-state index contributed by atoms with van der Waals surface area (Å²) in [6, 6.07) is 10.1. The third-order valence-corrected chi connectivity index (χ3v) is 10.7. The number of hydrogen-bond donors (Lipinski definition) is 7. The third kappa shape index (κ3) is 8.59. The summed E-state index contributed by atoms with van der Waals surface area (Å²) in [5, 5.41) is 26.9. The Labute approximate surface area is 341 Å². The molecule has 18 nitrogen and oxygen atoms in total. The predicted octanol–water partition coefficient (Wildman–Crippen LogP) is -0.664. The second kappa shape index (κ2) is 17.7. The molecule has 314 valence electrons. The van der Waals surface area contributed by atoms with Gasteiger partial charge in [-0.25, -0.2) is 14.2 Å². The number of ether oxygens (including phenoxy) is 2. The lowest BCUT2D eigenvalue weighted by atomic mass is 9.81. The van der Waals surface area contributed by atoms with Gasteiger partial charge in [-0.05, 0) is 55.1 Å². The second-order valence-electron chi connectivity index (χ2n) is 14.7. The summed E-state index contributed by atoms with van der Waals surface area (Å²) >= 11 is 0. The van der Waals surface area contributed by atoms with Crippen LogP contribution in [0.2, 0.25) is 0 Å². The first kappa shape index (κ1) is 41.6. The number of esters is 1. The van der Waals surface area contributed by atoms with Crippen LogP contribution in [0.1, 0.15) is 57.5 Å². The fourth-order valence-corrected chi connectivity index (χ4v) is 7.82. The van der Waals surface area contributed by atoms with Crippen molar-refractivity contribution in [2.45, 2.75) is 57.5 Å². The largest absolute Gasteiger partial charge is 0.458 e. The Balaban J connectivity index is 0.973. The van der Waals surface area contributed by atoms with Crippen LogP contribution < -0.4 is 37.5 Å². The van der Waals surface area contributed by atoms with E-state index in [1.54, 1.807) is 44.3 Å². The number of carbonyl (C=O) groups excluding carboxylic acids is 6. The van der Waals surface area contributed by atoms with Crippen LogP contribution in [0.25, 0.3) is 22.3 Å². The smallest absolute Gasteiger partial charge is 0.340 e. The van der Waals surface area contributed by atoms with Crippen LogP contribution in [0.4, 0.5) is 4.39 Å². The minimum Gasteiger partial charge on any atom is -0.458 e. The van der Waals surface area contributed by atoms with Gasteiger partial charge in [-0.1, -0.05) is 30.3 Å². The number of fused-ring (bicyclic) bond motifs is 5. The zero-order valence-electron chi connectivity index (χ0n) is 32.7. The lowest BCUT2D eigenvalue weighted by Crippen LogP contribution is -2.52. The number of aromatic nitrogens is 2. The Morgan fingerprint density at radius 1 is 0.967 bits per heavy atom. The number of hydrogen-bond acceptors (Lipinski definition) is 12. The van der Waals surface area contributed by atoms with E-state index in [1.165, 1.54) is 16.7 Å². The first-order chi connectivity index (χ1) is 28.8. The number of carbonyl (C=O) groups is 6. The number of pyridine rings is 2. The molecular formula is C41H43FN8O10. The van der Waals surface area contributed by atoms with Crippen LogP contribution in [0, 0.1) is 12.7 Å². The molecule has 4 heterocycles. The average Bonchev–Trinajstić information content (AvgIpc) is 3.60. The third-order valence-electron chi connectivity index (χ3n) is 10.7. The van der Waals surface area contributed by atoms with E-state index in [0.717, 1.165) is 11.1 Å². The van der Waals surface area contributed by atoms with E-state index in [2.05, 4.69) is 31.9 Å². The Morgan fingerprint density at radius 2 is 1.72 bits per heavy atom. The summed E-state index contributed by atoms with van der Waals surface area (Å²) in [5.41, 5.74) is 4.11. The van der Waals surface area contributed by atoms with Gasteiger partial charge in [0.2, 0.25) is 29.5 Å². The van der Waals surface area contributed by atoms with Gasteiger partial charge in [-0.2, -0.15) is 0 Å². The Hall–Kier alpha value is -6.57. The molecule has 60 heavy (non-hydrogen) atoms. The van der Waals surface area contributed by atoms with Crippen LogP contribution in [-0.4, -0.2) is 96.2 Å². The number of nitrogens with one attached hydrogen (secondary N) is 6. The number of rotatable bonds is 15.